The highest BCUT2D eigenvalue weighted by Gasteiger charge is 2.32. The van der Waals surface area contributed by atoms with Crippen LogP contribution in [0.15, 0.2) is 41.4 Å². The number of nitrogens with zero attached hydrogens (tertiary/aromatic N) is 2. The summed E-state index contributed by atoms with van der Waals surface area (Å²) < 4.78 is 79.3. The first-order valence-electron chi connectivity index (χ1n) is 8.59. The largest absolute Gasteiger partial charge is 0.417 e. The van der Waals surface area contributed by atoms with Crippen molar-refractivity contribution in [2.75, 3.05) is 5.75 Å². The van der Waals surface area contributed by atoms with Crippen LogP contribution in [0.5, 0.6) is 0 Å². The Labute approximate surface area is 172 Å². The third-order valence-electron chi connectivity index (χ3n) is 4.60. The highest BCUT2D eigenvalue weighted by atomic mass is 35.5. The number of H-pyrrole nitrogens is 1. The molecule has 0 saturated heterocycles. The van der Waals surface area contributed by atoms with Gasteiger partial charge in [0.1, 0.15) is 16.9 Å². The van der Waals surface area contributed by atoms with Crippen molar-refractivity contribution in [2.45, 2.75) is 18.0 Å². The minimum Gasteiger partial charge on any atom is -0.349 e. The molecule has 30 heavy (non-hydrogen) atoms. The zero-order valence-corrected chi connectivity index (χ0v) is 16.8. The molecular formula is C19H12ClF4N3O2S. The monoisotopic (exact) mass is 457 g/mol. The molecular weight excluding hydrogens is 446 g/mol. The molecule has 1 N–H and O–H groups in total. The lowest BCUT2D eigenvalue weighted by atomic mass is 10.1. The molecule has 0 spiro atoms. The van der Waals surface area contributed by atoms with Crippen LogP contribution < -0.4 is 0 Å². The first-order chi connectivity index (χ1) is 14.0. The second kappa shape index (κ2) is 6.92. The van der Waals surface area contributed by atoms with Gasteiger partial charge < -0.3 is 4.98 Å². The Kier molecular flexibility index (Phi) is 4.74. The Morgan fingerprint density at radius 2 is 1.90 bits per heavy atom. The second-order valence-corrected chi connectivity index (χ2v) is 9.19. The number of aromatic nitrogens is 3. The number of sulfone groups is 1. The smallest absolute Gasteiger partial charge is 0.349 e. The number of hydrogen-bond donors (Lipinski definition) is 1. The lowest BCUT2D eigenvalue weighted by Crippen LogP contribution is -2.08. The van der Waals surface area contributed by atoms with E-state index in [2.05, 4.69) is 15.0 Å². The maximum Gasteiger partial charge on any atom is 0.417 e. The number of nitrogens with one attached hydrogen (secondary N) is 1. The van der Waals surface area contributed by atoms with Crippen LogP contribution in [0.2, 0.25) is 5.02 Å². The Bertz CT molecular complexity index is 1420. The van der Waals surface area contributed by atoms with E-state index in [9.17, 15) is 21.6 Å². The van der Waals surface area contributed by atoms with Crippen molar-refractivity contribution < 1.29 is 26.0 Å². The van der Waals surface area contributed by atoms with Gasteiger partial charge in [0.25, 0.3) is 0 Å². The minimum atomic E-state index is -4.67. The van der Waals surface area contributed by atoms with E-state index < -0.39 is 27.4 Å². The third kappa shape index (κ3) is 3.39. The topological polar surface area (TPSA) is 75.7 Å². The quantitative estimate of drug-likeness (QED) is 0.419. The fourth-order valence-electron chi connectivity index (χ4n) is 3.06. The lowest BCUT2D eigenvalue weighted by Gasteiger charge is -2.10. The Balaban J connectivity index is 2.05. The maximum absolute atomic E-state index is 15.0. The van der Waals surface area contributed by atoms with Crippen LogP contribution in [0.3, 0.4) is 0 Å². The third-order valence-corrected chi connectivity index (χ3v) is 6.57. The van der Waals surface area contributed by atoms with Gasteiger partial charge in [0.2, 0.25) is 0 Å². The van der Waals surface area contributed by atoms with E-state index in [0.717, 1.165) is 0 Å². The lowest BCUT2D eigenvalue weighted by molar-refractivity contribution is -0.137. The predicted molar refractivity (Wildman–Crippen MR) is 105 cm³/mol. The molecule has 0 atom stereocenters. The molecule has 0 saturated carbocycles. The van der Waals surface area contributed by atoms with Gasteiger partial charge in [-0.1, -0.05) is 18.5 Å². The number of alkyl halides is 3. The summed E-state index contributed by atoms with van der Waals surface area (Å²) in [6, 6.07) is 6.62. The summed E-state index contributed by atoms with van der Waals surface area (Å²) in [5.74, 6) is -1.28. The highest BCUT2D eigenvalue weighted by Crippen LogP contribution is 2.36. The molecule has 0 bridgehead atoms. The van der Waals surface area contributed by atoms with E-state index in [4.69, 9.17) is 11.6 Å². The molecule has 5 nitrogen and oxygen atoms in total. The first-order valence-corrected chi connectivity index (χ1v) is 10.6. The van der Waals surface area contributed by atoms with Crippen molar-refractivity contribution in [3.63, 3.8) is 0 Å². The zero-order valence-electron chi connectivity index (χ0n) is 15.2. The van der Waals surface area contributed by atoms with Crippen molar-refractivity contribution in [2.24, 2.45) is 0 Å². The van der Waals surface area contributed by atoms with Crippen LogP contribution in [0.1, 0.15) is 12.5 Å². The summed E-state index contributed by atoms with van der Waals surface area (Å²) in [6.07, 6.45) is -4.15. The fourth-order valence-corrected chi connectivity index (χ4v) is 4.30. The van der Waals surface area contributed by atoms with Crippen molar-refractivity contribution in [3.05, 3.63) is 52.9 Å². The van der Waals surface area contributed by atoms with Crippen LogP contribution in [-0.2, 0) is 16.0 Å². The van der Waals surface area contributed by atoms with E-state index in [1.165, 1.54) is 31.2 Å². The predicted octanol–water partition coefficient (Wildman–Crippen LogP) is 5.38. The molecule has 4 aromatic rings. The van der Waals surface area contributed by atoms with Crippen LogP contribution in [0, 0.1) is 5.82 Å². The minimum absolute atomic E-state index is 0.227. The number of aromatic amines is 1. The van der Waals surface area contributed by atoms with Gasteiger partial charge in [-0.3, -0.25) is 4.98 Å². The summed E-state index contributed by atoms with van der Waals surface area (Å²) in [5.41, 5.74) is -1.90. The first kappa shape index (κ1) is 20.5. The molecule has 3 aromatic heterocycles. The van der Waals surface area contributed by atoms with Crippen LogP contribution in [0.4, 0.5) is 17.6 Å². The highest BCUT2D eigenvalue weighted by molar-refractivity contribution is 7.91. The molecule has 0 aliphatic rings. The van der Waals surface area contributed by atoms with Crippen molar-refractivity contribution >= 4 is 43.4 Å². The van der Waals surface area contributed by atoms with E-state index in [-0.39, 0.29) is 33.1 Å². The summed E-state index contributed by atoms with van der Waals surface area (Å²) in [5, 5.41) is 0.782. The van der Waals surface area contributed by atoms with E-state index in [0.29, 0.717) is 28.2 Å². The molecule has 4 rings (SSSR count). The number of benzene rings is 1. The maximum atomic E-state index is 15.0. The van der Waals surface area contributed by atoms with E-state index >= 15 is 4.39 Å². The standard InChI is InChI=1S/C19H12ClF4N3O2S/c1-2-30(28,29)14-6-9-5-11(20)3-4-12(9)26-17(14)18-15(21)16-13(27-18)7-10(8-25-16)19(22,23)24/h3-8,27H,2H2,1H3. The van der Waals surface area contributed by atoms with Crippen LogP contribution in [0.25, 0.3) is 33.3 Å². The molecule has 3 heterocycles. The Morgan fingerprint density at radius 3 is 2.57 bits per heavy atom. The zero-order chi connectivity index (χ0) is 21.8. The van der Waals surface area contributed by atoms with Gasteiger partial charge in [-0.05, 0) is 30.3 Å². The molecule has 0 unspecified atom stereocenters. The Hall–Kier alpha value is -2.72. The average Bonchev–Trinajstić information content (AvgIpc) is 3.02. The average molecular weight is 458 g/mol. The van der Waals surface area contributed by atoms with Gasteiger partial charge in [0.15, 0.2) is 15.7 Å². The van der Waals surface area contributed by atoms with Gasteiger partial charge >= 0.3 is 6.18 Å². The molecule has 0 aliphatic heterocycles. The van der Waals surface area contributed by atoms with Gasteiger partial charge in [-0.2, -0.15) is 13.2 Å². The number of rotatable bonds is 3. The summed E-state index contributed by atoms with van der Waals surface area (Å²) in [6.45, 7) is 1.42. The number of halogens is 5. The molecule has 156 valence electrons. The van der Waals surface area contributed by atoms with Crippen molar-refractivity contribution in [1.82, 2.24) is 15.0 Å². The number of hydrogen-bond acceptors (Lipinski definition) is 4. The van der Waals surface area contributed by atoms with Gasteiger partial charge in [0, 0.05) is 16.6 Å². The molecule has 0 radical (unpaired) electrons. The SMILES string of the molecule is CCS(=O)(=O)c1cc2cc(Cl)ccc2nc1-c1[nH]c2cc(C(F)(F)F)cnc2c1F. The number of fused-ring (bicyclic) bond motifs is 2. The fraction of sp³-hybridized carbons (Fsp3) is 0.158. The van der Waals surface area contributed by atoms with Crippen LogP contribution in [-0.4, -0.2) is 29.1 Å². The summed E-state index contributed by atoms with van der Waals surface area (Å²) in [4.78, 5) is 10.1. The summed E-state index contributed by atoms with van der Waals surface area (Å²) in [7, 11) is -3.86. The molecule has 0 aliphatic carbocycles. The molecule has 11 heteroatoms. The number of pyridine rings is 2. The van der Waals surface area contributed by atoms with Gasteiger partial charge in [0.05, 0.1) is 27.2 Å². The van der Waals surface area contributed by atoms with E-state index in [1.54, 1.807) is 0 Å². The Morgan fingerprint density at radius 1 is 1.17 bits per heavy atom. The van der Waals surface area contributed by atoms with Crippen LogP contribution >= 0.6 is 11.6 Å². The van der Waals surface area contributed by atoms with E-state index in [1.807, 2.05) is 0 Å². The van der Waals surface area contributed by atoms with Crippen molar-refractivity contribution in [3.8, 4) is 11.4 Å². The van der Waals surface area contributed by atoms with Gasteiger partial charge in [-0.25, -0.2) is 17.8 Å². The molecule has 0 fully saturated rings. The van der Waals surface area contributed by atoms with Crippen molar-refractivity contribution in [1.29, 1.82) is 0 Å². The van der Waals surface area contributed by atoms with Gasteiger partial charge in [-0.15, -0.1) is 0 Å². The second-order valence-electron chi connectivity index (χ2n) is 6.51. The molecule has 1 aromatic carbocycles. The normalized spacial score (nSPS) is 12.7. The summed E-state index contributed by atoms with van der Waals surface area (Å²) >= 11 is 5.96. The molecule has 0 amide bonds.